The van der Waals surface area contributed by atoms with E-state index in [1.807, 2.05) is 6.07 Å². The molecule has 13 aromatic rings. The molecule has 0 fully saturated rings. The van der Waals surface area contributed by atoms with Gasteiger partial charge < -0.3 is 13.6 Å². The van der Waals surface area contributed by atoms with Crippen molar-refractivity contribution in [2.24, 2.45) is 0 Å². The average molecular weight is 833 g/mol. The zero-order chi connectivity index (χ0) is 42.2. The van der Waals surface area contributed by atoms with E-state index in [0.29, 0.717) is 0 Å². The molecule has 0 N–H and O–H groups in total. The molecule has 4 heteroatoms. The highest BCUT2D eigenvalue weighted by atomic mass is 28.3. The molecule has 0 aliphatic carbocycles. The van der Waals surface area contributed by atoms with E-state index in [4.69, 9.17) is 4.42 Å². The molecule has 10 aromatic carbocycles. The van der Waals surface area contributed by atoms with Crippen LogP contribution in [0.25, 0.3) is 88.1 Å². The monoisotopic (exact) mass is 832 g/mol. The van der Waals surface area contributed by atoms with Gasteiger partial charge in [-0.2, -0.15) is 0 Å². The Morgan fingerprint density at radius 2 is 0.797 bits per heavy atom. The minimum atomic E-state index is -3.08. The van der Waals surface area contributed by atoms with Crippen LogP contribution in [0.4, 0.5) is 0 Å². The lowest BCUT2D eigenvalue weighted by Gasteiger charge is -2.37. The van der Waals surface area contributed by atoms with Gasteiger partial charge in [0, 0.05) is 43.6 Å². The van der Waals surface area contributed by atoms with E-state index in [9.17, 15) is 0 Å². The molecule has 0 atom stereocenters. The van der Waals surface area contributed by atoms with Crippen LogP contribution < -0.4 is 20.7 Å². The number of hydrogen-bond donors (Lipinski definition) is 0. The van der Waals surface area contributed by atoms with E-state index in [1.54, 1.807) is 0 Å². The first-order valence-corrected chi connectivity index (χ1v) is 24.0. The second-order valence-corrected chi connectivity index (χ2v) is 20.6. The Labute approximate surface area is 371 Å². The Bertz CT molecular complexity index is 3750. The van der Waals surface area contributed by atoms with Crippen molar-refractivity contribution in [3.8, 4) is 22.5 Å². The van der Waals surface area contributed by atoms with Crippen LogP contribution in [0, 0.1) is 0 Å². The Kier molecular flexibility index (Phi) is 8.23. The van der Waals surface area contributed by atoms with E-state index in [2.05, 4.69) is 246 Å². The zero-order valence-corrected chi connectivity index (χ0v) is 35.9. The predicted octanol–water partition coefficient (Wildman–Crippen LogP) is 12.8. The molecular weight excluding hydrogens is 793 g/mol. The Hall–Kier alpha value is -8.18. The topological polar surface area (TPSA) is 23.0 Å². The molecule has 0 radical (unpaired) electrons. The molecule has 13 rings (SSSR count). The van der Waals surface area contributed by atoms with Gasteiger partial charge in [-0.3, -0.25) is 0 Å². The molecule has 3 aromatic heterocycles. The summed E-state index contributed by atoms with van der Waals surface area (Å²) in [7, 11) is -3.08. The smallest absolute Gasteiger partial charge is 0.181 e. The minimum Gasteiger partial charge on any atom is -0.456 e. The quantitative estimate of drug-likeness (QED) is 0.116. The maximum atomic E-state index is 6.41. The summed E-state index contributed by atoms with van der Waals surface area (Å²) in [5.74, 6) is 0. The van der Waals surface area contributed by atoms with Crippen LogP contribution in [0.1, 0.15) is 0 Å². The molecule has 300 valence electrons. The van der Waals surface area contributed by atoms with Gasteiger partial charge in [-0.25, -0.2) is 0 Å². The second kappa shape index (κ2) is 14.5. The van der Waals surface area contributed by atoms with Crippen LogP contribution in [0.3, 0.4) is 0 Å². The molecule has 64 heavy (non-hydrogen) atoms. The predicted molar refractivity (Wildman–Crippen MR) is 271 cm³/mol. The fourth-order valence-corrected chi connectivity index (χ4v) is 15.7. The second-order valence-electron chi connectivity index (χ2n) is 16.8. The lowest BCUT2D eigenvalue weighted by atomic mass is 10.0. The van der Waals surface area contributed by atoms with Crippen molar-refractivity contribution in [3.05, 3.63) is 243 Å². The zero-order valence-electron chi connectivity index (χ0n) is 34.9. The SMILES string of the molecule is c1ccc([Si](c2ccccc2)(c2ccccc2)c2cccc(-c3ccc4oc5ccccc5c4c3)c2-n2c3ccccc3c3cc(-n4c5ccccc5c5ccccc54)ccc32)cc1. The molecule has 3 nitrogen and oxygen atoms in total. The number of furan rings is 1. The van der Waals surface area contributed by atoms with E-state index < -0.39 is 8.07 Å². The van der Waals surface area contributed by atoms with Crippen LogP contribution in [-0.4, -0.2) is 17.2 Å². The first-order chi connectivity index (χ1) is 31.8. The molecule has 0 bridgehead atoms. The summed E-state index contributed by atoms with van der Waals surface area (Å²) in [6.07, 6.45) is 0. The highest BCUT2D eigenvalue weighted by Gasteiger charge is 2.44. The van der Waals surface area contributed by atoms with Crippen LogP contribution in [0.2, 0.25) is 0 Å². The van der Waals surface area contributed by atoms with Crippen LogP contribution in [-0.2, 0) is 0 Å². The third-order valence-electron chi connectivity index (χ3n) is 13.5. The molecule has 0 unspecified atom stereocenters. The van der Waals surface area contributed by atoms with Gasteiger partial charge in [-0.05, 0) is 80.9 Å². The van der Waals surface area contributed by atoms with Gasteiger partial charge in [-0.1, -0.05) is 188 Å². The van der Waals surface area contributed by atoms with Crippen molar-refractivity contribution in [3.63, 3.8) is 0 Å². The molecule has 0 aliphatic heterocycles. The lowest BCUT2D eigenvalue weighted by Crippen LogP contribution is -2.75. The van der Waals surface area contributed by atoms with E-state index in [-0.39, 0.29) is 0 Å². The standard InChI is InChI=1S/C60H40N2OSi/c1-4-19-43(20-5-1)64(44-21-6-2-7-22-44,45-23-8-3-9-24-45)59-34-18-29-46(41-35-38-58-52(39-41)50-28-13-17-33-57(50)63-58)60(59)62-55-32-16-12-27-49(55)51-40-42(36-37-56(51)62)61-53-30-14-10-25-47(53)48-26-11-15-31-54(48)61/h1-40H. The number of benzene rings is 10. The number of nitrogens with zero attached hydrogens (tertiary/aromatic N) is 2. The van der Waals surface area contributed by atoms with Crippen LogP contribution in [0.5, 0.6) is 0 Å². The van der Waals surface area contributed by atoms with Crippen molar-refractivity contribution in [1.82, 2.24) is 9.13 Å². The third kappa shape index (κ3) is 5.33. The van der Waals surface area contributed by atoms with E-state index >= 15 is 0 Å². The Morgan fingerprint density at radius 1 is 0.312 bits per heavy atom. The number of aromatic nitrogens is 2. The summed E-state index contributed by atoms with van der Waals surface area (Å²) in [6, 6.07) is 89.6. The van der Waals surface area contributed by atoms with Gasteiger partial charge in [0.2, 0.25) is 0 Å². The summed E-state index contributed by atoms with van der Waals surface area (Å²) >= 11 is 0. The molecule has 0 spiro atoms. The van der Waals surface area contributed by atoms with Gasteiger partial charge in [0.1, 0.15) is 11.2 Å². The normalized spacial score (nSPS) is 12.1. The number of hydrogen-bond acceptors (Lipinski definition) is 1. The van der Waals surface area contributed by atoms with Gasteiger partial charge >= 0.3 is 0 Å². The van der Waals surface area contributed by atoms with Gasteiger partial charge in [0.25, 0.3) is 0 Å². The van der Waals surface area contributed by atoms with Crippen molar-refractivity contribution < 1.29 is 4.42 Å². The largest absolute Gasteiger partial charge is 0.456 e. The fourth-order valence-electron chi connectivity index (χ4n) is 10.8. The van der Waals surface area contributed by atoms with Gasteiger partial charge in [0.05, 0.1) is 27.8 Å². The number of para-hydroxylation sites is 5. The van der Waals surface area contributed by atoms with Crippen molar-refractivity contribution in [2.45, 2.75) is 0 Å². The number of rotatable bonds is 7. The summed E-state index contributed by atoms with van der Waals surface area (Å²) in [5.41, 5.74) is 11.1. The van der Waals surface area contributed by atoms with Gasteiger partial charge in [0.15, 0.2) is 8.07 Å². The molecule has 3 heterocycles. The summed E-state index contributed by atoms with van der Waals surface area (Å²) in [5, 5.41) is 12.5. The third-order valence-corrected chi connectivity index (χ3v) is 18.3. The lowest BCUT2D eigenvalue weighted by molar-refractivity contribution is 0.669. The van der Waals surface area contributed by atoms with Crippen molar-refractivity contribution in [2.75, 3.05) is 0 Å². The van der Waals surface area contributed by atoms with Crippen LogP contribution in [0.15, 0.2) is 247 Å². The van der Waals surface area contributed by atoms with Crippen LogP contribution >= 0.6 is 0 Å². The van der Waals surface area contributed by atoms with Gasteiger partial charge in [-0.15, -0.1) is 0 Å². The van der Waals surface area contributed by atoms with E-state index in [1.165, 1.54) is 64.6 Å². The molecule has 0 aliphatic rings. The first-order valence-electron chi connectivity index (χ1n) is 22.0. The highest BCUT2D eigenvalue weighted by molar-refractivity contribution is 7.20. The summed E-state index contributed by atoms with van der Waals surface area (Å²) in [6.45, 7) is 0. The molecule has 0 saturated heterocycles. The summed E-state index contributed by atoms with van der Waals surface area (Å²) < 4.78 is 11.4. The maximum Gasteiger partial charge on any atom is 0.181 e. The fraction of sp³-hybridized carbons (Fsp3) is 0. The molecular formula is C60H40N2OSi. The van der Waals surface area contributed by atoms with Crippen molar-refractivity contribution >= 4 is 94.4 Å². The van der Waals surface area contributed by atoms with E-state index in [0.717, 1.165) is 44.2 Å². The average Bonchev–Trinajstić information content (AvgIpc) is 4.02. The number of fused-ring (bicyclic) bond motifs is 9. The highest BCUT2D eigenvalue weighted by Crippen LogP contribution is 2.40. The molecule has 0 saturated carbocycles. The minimum absolute atomic E-state index is 0.888. The van der Waals surface area contributed by atoms with Crippen molar-refractivity contribution in [1.29, 1.82) is 0 Å². The Morgan fingerprint density at radius 3 is 1.41 bits per heavy atom. The summed E-state index contributed by atoms with van der Waals surface area (Å²) in [4.78, 5) is 0. The molecule has 0 amide bonds. The first kappa shape index (κ1) is 36.5. The maximum absolute atomic E-state index is 6.41. The Balaban J connectivity index is 1.19.